The number of carbonyl (C=O) groups excluding carboxylic acids is 1. The maximum Gasteiger partial charge on any atom is 0.160 e. The third kappa shape index (κ3) is 3.70. The van der Waals surface area contributed by atoms with Gasteiger partial charge in [-0.05, 0) is 17.7 Å². The smallest absolute Gasteiger partial charge is 0.160 e. The van der Waals surface area contributed by atoms with Crippen molar-refractivity contribution in [2.45, 2.75) is 19.3 Å². The number of nitrogens with one attached hydrogen (secondary N) is 1. The van der Waals surface area contributed by atoms with Gasteiger partial charge in [-0.25, -0.2) is 0 Å². The molecule has 0 unspecified atom stereocenters. The zero-order chi connectivity index (χ0) is 13.7. The summed E-state index contributed by atoms with van der Waals surface area (Å²) in [6, 6.07) is 6.06. The van der Waals surface area contributed by atoms with Crippen LogP contribution in [0.15, 0.2) is 18.2 Å². The van der Waals surface area contributed by atoms with E-state index in [0.29, 0.717) is 5.78 Å². The van der Waals surface area contributed by atoms with E-state index in [9.17, 15) is 4.79 Å². The molecule has 4 heteroatoms. The van der Waals surface area contributed by atoms with Crippen LogP contribution in [0.1, 0.15) is 18.4 Å². The molecule has 1 N–H and O–H groups in total. The molecular weight excluding hydrogens is 242 g/mol. The number of methoxy groups -OCH3 is 2. The molecule has 1 aliphatic heterocycles. The minimum atomic E-state index is 0.412. The van der Waals surface area contributed by atoms with E-state index in [2.05, 4.69) is 6.07 Å². The average molecular weight is 264 g/mol. The number of ether oxygens (including phenoxy) is 2. The normalized spacial score (nSPS) is 16.4. The first-order chi connectivity index (χ1) is 9.22. The molecule has 0 aromatic heterocycles. The van der Waals surface area contributed by atoms with E-state index in [0.717, 1.165) is 50.4 Å². The average Bonchev–Trinajstić information content (AvgIpc) is 2.46. The highest BCUT2D eigenvalue weighted by atomic mass is 16.5. The molecule has 1 fully saturated rings. The van der Waals surface area contributed by atoms with Crippen molar-refractivity contribution >= 4 is 5.78 Å². The summed E-state index contributed by atoms with van der Waals surface area (Å²) in [7, 11) is 3.30. The first-order valence-corrected chi connectivity index (χ1v) is 6.79. The molecule has 2 rings (SSSR count). The topological polar surface area (TPSA) is 40.0 Å². The Hall–Kier alpha value is -1.55. The van der Waals surface area contributed by atoms with E-state index in [1.165, 1.54) is 10.5 Å². The Morgan fingerprint density at radius 2 is 1.79 bits per heavy atom. The van der Waals surface area contributed by atoms with Crippen LogP contribution < -0.4 is 14.4 Å². The second kappa shape index (κ2) is 6.57. The quantitative estimate of drug-likeness (QED) is 0.841. The summed E-state index contributed by atoms with van der Waals surface area (Å²) in [5.74, 6) is 1.96. The van der Waals surface area contributed by atoms with E-state index < -0.39 is 0 Å². The van der Waals surface area contributed by atoms with Crippen molar-refractivity contribution in [1.29, 1.82) is 0 Å². The number of benzene rings is 1. The van der Waals surface area contributed by atoms with Gasteiger partial charge in [0.25, 0.3) is 0 Å². The van der Waals surface area contributed by atoms with Crippen LogP contribution in [-0.4, -0.2) is 39.6 Å². The molecule has 0 radical (unpaired) electrons. The van der Waals surface area contributed by atoms with Crippen LogP contribution >= 0.6 is 0 Å². The number of rotatable bonds is 5. The van der Waals surface area contributed by atoms with Crippen LogP contribution in [-0.2, 0) is 11.2 Å². The molecule has 0 atom stereocenters. The van der Waals surface area contributed by atoms with Crippen LogP contribution in [0.4, 0.5) is 0 Å². The summed E-state index contributed by atoms with van der Waals surface area (Å²) >= 11 is 0. The second-order valence-corrected chi connectivity index (χ2v) is 4.98. The second-order valence-electron chi connectivity index (χ2n) is 4.98. The van der Waals surface area contributed by atoms with Crippen LogP contribution in [0.3, 0.4) is 0 Å². The van der Waals surface area contributed by atoms with Gasteiger partial charge in [0.2, 0.25) is 0 Å². The molecule has 1 heterocycles. The zero-order valence-electron chi connectivity index (χ0n) is 11.7. The van der Waals surface area contributed by atoms with E-state index in [1.54, 1.807) is 14.2 Å². The molecule has 0 amide bonds. The van der Waals surface area contributed by atoms with Gasteiger partial charge >= 0.3 is 0 Å². The fraction of sp³-hybridized carbons (Fsp3) is 0.533. The number of likely N-dealkylation sites (tertiary alicyclic amines) is 1. The van der Waals surface area contributed by atoms with Gasteiger partial charge in [0.1, 0.15) is 5.78 Å². The van der Waals surface area contributed by atoms with Gasteiger partial charge in [0.05, 0.1) is 46.7 Å². The van der Waals surface area contributed by atoms with Gasteiger partial charge < -0.3 is 14.4 Å². The van der Waals surface area contributed by atoms with Crippen molar-refractivity contribution in [2.75, 3.05) is 33.9 Å². The molecule has 1 saturated heterocycles. The third-order valence-corrected chi connectivity index (χ3v) is 3.73. The third-order valence-electron chi connectivity index (χ3n) is 3.73. The van der Waals surface area contributed by atoms with Crippen molar-refractivity contribution in [3.05, 3.63) is 23.8 Å². The van der Waals surface area contributed by atoms with E-state index in [-0.39, 0.29) is 0 Å². The molecular formula is C15H22NO3+. The first-order valence-electron chi connectivity index (χ1n) is 6.79. The molecule has 0 saturated carbocycles. The van der Waals surface area contributed by atoms with Crippen molar-refractivity contribution in [1.82, 2.24) is 0 Å². The van der Waals surface area contributed by atoms with E-state index in [1.807, 2.05) is 12.1 Å². The number of ketones is 1. The molecule has 0 aliphatic carbocycles. The Morgan fingerprint density at radius 3 is 2.42 bits per heavy atom. The minimum Gasteiger partial charge on any atom is -0.493 e. The minimum absolute atomic E-state index is 0.412. The Kier molecular flexibility index (Phi) is 4.80. The number of piperidine rings is 1. The fourth-order valence-corrected chi connectivity index (χ4v) is 2.49. The Bertz CT molecular complexity index is 435. The lowest BCUT2D eigenvalue weighted by molar-refractivity contribution is -0.901. The van der Waals surface area contributed by atoms with Crippen molar-refractivity contribution in [3.63, 3.8) is 0 Å². The molecule has 1 aromatic carbocycles. The van der Waals surface area contributed by atoms with Crippen LogP contribution in [0, 0.1) is 0 Å². The molecule has 0 bridgehead atoms. The Labute approximate surface area is 114 Å². The van der Waals surface area contributed by atoms with Gasteiger partial charge in [-0.2, -0.15) is 0 Å². The Morgan fingerprint density at radius 1 is 1.11 bits per heavy atom. The van der Waals surface area contributed by atoms with Crippen LogP contribution in [0.5, 0.6) is 11.5 Å². The number of hydrogen-bond donors (Lipinski definition) is 1. The van der Waals surface area contributed by atoms with Gasteiger partial charge in [-0.3, -0.25) is 4.79 Å². The highest BCUT2D eigenvalue weighted by Crippen LogP contribution is 2.27. The summed E-state index contributed by atoms with van der Waals surface area (Å²) in [5.41, 5.74) is 1.25. The number of quaternary nitrogens is 1. The summed E-state index contributed by atoms with van der Waals surface area (Å²) in [4.78, 5) is 12.7. The lowest BCUT2D eigenvalue weighted by atomic mass is 10.1. The van der Waals surface area contributed by atoms with Crippen molar-refractivity contribution in [3.8, 4) is 11.5 Å². The number of Topliss-reactive ketones (excluding diaryl/α,β-unsaturated/α-hetero) is 1. The van der Waals surface area contributed by atoms with Gasteiger partial charge in [0, 0.05) is 6.42 Å². The van der Waals surface area contributed by atoms with Crippen molar-refractivity contribution in [2.24, 2.45) is 0 Å². The largest absolute Gasteiger partial charge is 0.493 e. The Balaban J connectivity index is 1.90. The molecule has 1 aliphatic rings. The van der Waals surface area contributed by atoms with Crippen LogP contribution in [0.2, 0.25) is 0 Å². The van der Waals surface area contributed by atoms with Gasteiger partial charge in [-0.1, -0.05) is 6.07 Å². The zero-order valence-corrected chi connectivity index (χ0v) is 11.7. The van der Waals surface area contributed by atoms with Crippen LogP contribution in [0.25, 0.3) is 0 Å². The summed E-state index contributed by atoms with van der Waals surface area (Å²) in [6.07, 6.45) is 2.48. The summed E-state index contributed by atoms with van der Waals surface area (Å²) < 4.78 is 10.5. The lowest BCUT2D eigenvalue weighted by Gasteiger charge is -2.22. The molecule has 104 valence electrons. The highest BCUT2D eigenvalue weighted by Gasteiger charge is 2.19. The summed E-state index contributed by atoms with van der Waals surface area (Å²) in [6.45, 7) is 3.03. The monoisotopic (exact) mass is 264 g/mol. The maximum atomic E-state index is 11.2. The maximum absolute atomic E-state index is 11.2. The number of hydrogen-bond acceptors (Lipinski definition) is 3. The fourth-order valence-electron chi connectivity index (χ4n) is 2.49. The van der Waals surface area contributed by atoms with E-state index >= 15 is 0 Å². The van der Waals surface area contributed by atoms with Gasteiger partial charge in [0.15, 0.2) is 11.5 Å². The standard InChI is InChI=1S/C15H21NO3/c1-18-14-4-3-12(11-15(14)19-2)5-8-16-9-6-13(17)7-10-16/h3-4,11H,5-10H2,1-2H3/p+1. The van der Waals surface area contributed by atoms with Crippen molar-refractivity contribution < 1.29 is 19.2 Å². The summed E-state index contributed by atoms with van der Waals surface area (Å²) in [5, 5.41) is 0. The predicted molar refractivity (Wildman–Crippen MR) is 73.1 cm³/mol. The molecule has 4 nitrogen and oxygen atoms in total. The predicted octanol–water partition coefficient (Wildman–Crippen LogP) is 0.494. The molecule has 0 spiro atoms. The van der Waals surface area contributed by atoms with Gasteiger partial charge in [-0.15, -0.1) is 0 Å². The highest BCUT2D eigenvalue weighted by molar-refractivity contribution is 5.78. The lowest BCUT2D eigenvalue weighted by Crippen LogP contribution is -3.13. The molecule has 19 heavy (non-hydrogen) atoms. The number of carbonyl (C=O) groups is 1. The first kappa shape index (κ1) is 13.9. The molecule has 1 aromatic rings. The van der Waals surface area contributed by atoms with E-state index in [4.69, 9.17) is 9.47 Å². The SMILES string of the molecule is COc1ccc(CC[NH+]2CCC(=O)CC2)cc1OC.